The van der Waals surface area contributed by atoms with Gasteiger partial charge in [-0.15, -0.1) is 0 Å². The second-order valence-electron chi connectivity index (χ2n) is 5.29. The van der Waals surface area contributed by atoms with Crippen molar-refractivity contribution in [3.8, 4) is 0 Å². The zero-order valence-electron chi connectivity index (χ0n) is 10.1. The normalized spacial score (nSPS) is 32.0. The summed E-state index contributed by atoms with van der Waals surface area (Å²) in [5, 5.41) is 3.39. The lowest BCUT2D eigenvalue weighted by Crippen LogP contribution is -2.44. The highest BCUT2D eigenvalue weighted by Crippen LogP contribution is 2.24. The van der Waals surface area contributed by atoms with Gasteiger partial charge in [0, 0.05) is 6.04 Å². The van der Waals surface area contributed by atoms with Crippen LogP contribution in [0.4, 0.5) is 0 Å². The second-order valence-corrected chi connectivity index (χ2v) is 5.29. The highest BCUT2D eigenvalue weighted by molar-refractivity contribution is 4.84. The first-order chi connectivity index (χ1) is 7.20. The van der Waals surface area contributed by atoms with Crippen LogP contribution >= 0.6 is 0 Å². The lowest BCUT2D eigenvalue weighted by atomic mass is 9.94. The lowest BCUT2D eigenvalue weighted by Gasteiger charge is -2.35. The van der Waals surface area contributed by atoms with Crippen LogP contribution in [0.5, 0.6) is 0 Å². The third-order valence-corrected chi connectivity index (χ3v) is 3.96. The van der Waals surface area contributed by atoms with Crippen molar-refractivity contribution in [2.45, 2.75) is 44.2 Å². The molecular formula is C12H24N2O. The first kappa shape index (κ1) is 11.4. The molecule has 0 aromatic heterocycles. The number of likely N-dealkylation sites (tertiary alicyclic amines) is 1. The number of nitrogens with one attached hydrogen (secondary N) is 1. The van der Waals surface area contributed by atoms with Crippen LogP contribution in [0, 0.1) is 0 Å². The Kier molecular flexibility index (Phi) is 3.65. The van der Waals surface area contributed by atoms with E-state index in [0.29, 0.717) is 6.04 Å². The standard InChI is InChI=1S/C12H24N2O/c1-12(5-7-13-8-6-12)15-10-11-4-3-9-14(11)2/h11,13H,3-10H2,1-2H3. The number of rotatable bonds is 3. The maximum Gasteiger partial charge on any atom is 0.0679 e. The van der Waals surface area contributed by atoms with Gasteiger partial charge in [-0.2, -0.15) is 0 Å². The third-order valence-electron chi connectivity index (χ3n) is 3.96. The molecule has 0 aromatic carbocycles. The maximum absolute atomic E-state index is 6.14. The van der Waals surface area contributed by atoms with Crippen molar-refractivity contribution < 1.29 is 4.74 Å². The van der Waals surface area contributed by atoms with Gasteiger partial charge in [-0.05, 0) is 59.3 Å². The predicted molar refractivity (Wildman–Crippen MR) is 62.1 cm³/mol. The minimum absolute atomic E-state index is 0.134. The van der Waals surface area contributed by atoms with Gasteiger partial charge in [-0.3, -0.25) is 0 Å². The van der Waals surface area contributed by atoms with Crippen LogP contribution < -0.4 is 5.32 Å². The summed E-state index contributed by atoms with van der Waals surface area (Å²) in [6.07, 6.45) is 4.96. The largest absolute Gasteiger partial charge is 0.374 e. The maximum atomic E-state index is 6.14. The minimum atomic E-state index is 0.134. The summed E-state index contributed by atoms with van der Waals surface area (Å²) >= 11 is 0. The summed E-state index contributed by atoms with van der Waals surface area (Å²) in [6.45, 7) is 6.65. The summed E-state index contributed by atoms with van der Waals surface area (Å²) < 4.78 is 6.14. The third kappa shape index (κ3) is 2.92. The van der Waals surface area contributed by atoms with Crippen molar-refractivity contribution in [1.82, 2.24) is 10.2 Å². The molecule has 0 aromatic rings. The van der Waals surface area contributed by atoms with Crippen LogP contribution in [0.25, 0.3) is 0 Å². The highest BCUT2D eigenvalue weighted by Gasteiger charge is 2.30. The number of hydrogen-bond donors (Lipinski definition) is 1. The van der Waals surface area contributed by atoms with Crippen LogP contribution in [0.1, 0.15) is 32.6 Å². The molecule has 0 amide bonds. The Morgan fingerprint density at radius 1 is 1.40 bits per heavy atom. The van der Waals surface area contributed by atoms with E-state index in [9.17, 15) is 0 Å². The average molecular weight is 212 g/mol. The molecule has 2 rings (SSSR count). The van der Waals surface area contributed by atoms with Gasteiger partial charge in [0.1, 0.15) is 0 Å². The first-order valence-corrected chi connectivity index (χ1v) is 6.25. The van der Waals surface area contributed by atoms with Gasteiger partial charge in [-0.1, -0.05) is 0 Å². The van der Waals surface area contributed by atoms with Crippen LogP contribution in [0.2, 0.25) is 0 Å². The van der Waals surface area contributed by atoms with E-state index in [2.05, 4.69) is 24.2 Å². The minimum Gasteiger partial charge on any atom is -0.374 e. The lowest BCUT2D eigenvalue weighted by molar-refractivity contribution is -0.0674. The summed E-state index contributed by atoms with van der Waals surface area (Å²) in [5.41, 5.74) is 0.134. The zero-order valence-corrected chi connectivity index (χ0v) is 10.1. The molecular weight excluding hydrogens is 188 g/mol. The summed E-state index contributed by atoms with van der Waals surface area (Å²) in [5.74, 6) is 0. The van der Waals surface area contributed by atoms with Gasteiger partial charge in [0.2, 0.25) is 0 Å². The van der Waals surface area contributed by atoms with Crippen LogP contribution in [-0.4, -0.2) is 49.8 Å². The Hall–Kier alpha value is -0.120. The molecule has 2 heterocycles. The fourth-order valence-corrected chi connectivity index (χ4v) is 2.59. The Labute approximate surface area is 93.2 Å². The number of ether oxygens (including phenoxy) is 1. The number of nitrogens with zero attached hydrogens (tertiary/aromatic N) is 1. The number of likely N-dealkylation sites (N-methyl/N-ethyl adjacent to an activating group) is 1. The second kappa shape index (κ2) is 4.81. The van der Waals surface area contributed by atoms with Crippen molar-refractivity contribution >= 4 is 0 Å². The molecule has 3 nitrogen and oxygen atoms in total. The summed E-state index contributed by atoms with van der Waals surface area (Å²) in [4.78, 5) is 2.43. The highest BCUT2D eigenvalue weighted by atomic mass is 16.5. The average Bonchev–Trinajstić information content (AvgIpc) is 2.62. The van der Waals surface area contributed by atoms with Gasteiger partial charge in [0.15, 0.2) is 0 Å². The molecule has 0 bridgehead atoms. The van der Waals surface area contributed by atoms with Crippen molar-refractivity contribution in [1.29, 1.82) is 0 Å². The predicted octanol–water partition coefficient (Wildman–Crippen LogP) is 1.24. The van der Waals surface area contributed by atoms with E-state index in [1.807, 2.05) is 0 Å². The van der Waals surface area contributed by atoms with Crippen LogP contribution in [-0.2, 0) is 4.74 Å². The van der Waals surface area contributed by atoms with Crippen molar-refractivity contribution in [2.24, 2.45) is 0 Å². The first-order valence-electron chi connectivity index (χ1n) is 6.25. The fourth-order valence-electron chi connectivity index (χ4n) is 2.59. The molecule has 2 saturated heterocycles. The molecule has 88 valence electrons. The van der Waals surface area contributed by atoms with Crippen LogP contribution in [0.3, 0.4) is 0 Å². The summed E-state index contributed by atoms with van der Waals surface area (Å²) in [7, 11) is 2.21. The van der Waals surface area contributed by atoms with Crippen molar-refractivity contribution in [3.63, 3.8) is 0 Å². The number of piperidine rings is 1. The molecule has 2 aliphatic rings. The molecule has 0 spiro atoms. The van der Waals surface area contributed by atoms with Gasteiger partial charge < -0.3 is 15.0 Å². The van der Waals surface area contributed by atoms with Crippen LogP contribution in [0.15, 0.2) is 0 Å². The monoisotopic (exact) mass is 212 g/mol. The molecule has 1 atom stereocenters. The molecule has 2 fully saturated rings. The molecule has 0 aliphatic carbocycles. The van der Waals surface area contributed by atoms with Gasteiger partial charge >= 0.3 is 0 Å². The van der Waals surface area contributed by atoms with E-state index in [1.165, 1.54) is 19.4 Å². The molecule has 3 heteroatoms. The van der Waals surface area contributed by atoms with E-state index in [4.69, 9.17) is 4.74 Å². The fraction of sp³-hybridized carbons (Fsp3) is 1.00. The smallest absolute Gasteiger partial charge is 0.0679 e. The van der Waals surface area contributed by atoms with E-state index < -0.39 is 0 Å². The van der Waals surface area contributed by atoms with E-state index in [-0.39, 0.29) is 5.60 Å². The molecule has 0 radical (unpaired) electrons. The molecule has 1 unspecified atom stereocenters. The quantitative estimate of drug-likeness (QED) is 0.762. The Morgan fingerprint density at radius 2 is 2.13 bits per heavy atom. The zero-order chi connectivity index (χ0) is 10.7. The Balaban J connectivity index is 1.76. The SMILES string of the molecule is CN1CCCC1COC1(C)CCNCC1. The Morgan fingerprint density at radius 3 is 2.73 bits per heavy atom. The van der Waals surface area contributed by atoms with Gasteiger partial charge in [-0.25, -0.2) is 0 Å². The van der Waals surface area contributed by atoms with E-state index in [1.54, 1.807) is 0 Å². The van der Waals surface area contributed by atoms with E-state index in [0.717, 1.165) is 32.5 Å². The topological polar surface area (TPSA) is 24.5 Å². The number of hydrogen-bond acceptors (Lipinski definition) is 3. The van der Waals surface area contributed by atoms with E-state index >= 15 is 0 Å². The molecule has 1 N–H and O–H groups in total. The Bertz CT molecular complexity index is 202. The van der Waals surface area contributed by atoms with Gasteiger partial charge in [0.25, 0.3) is 0 Å². The summed E-state index contributed by atoms with van der Waals surface area (Å²) in [6, 6.07) is 0.664. The molecule has 2 aliphatic heterocycles. The molecule has 15 heavy (non-hydrogen) atoms. The van der Waals surface area contributed by atoms with Gasteiger partial charge in [0.05, 0.1) is 12.2 Å². The molecule has 0 saturated carbocycles. The van der Waals surface area contributed by atoms with Crippen molar-refractivity contribution in [2.75, 3.05) is 33.3 Å². The van der Waals surface area contributed by atoms with Crippen molar-refractivity contribution in [3.05, 3.63) is 0 Å².